The fraction of sp³-hybridized carbons (Fsp3) is 0.310. The Balaban J connectivity index is 2.11. The topological polar surface area (TPSA) is 69.6 Å². The molecular formula is C29H28F6N2O3. The van der Waals surface area contributed by atoms with Gasteiger partial charge in [-0.1, -0.05) is 60.7 Å². The molecule has 1 unspecified atom stereocenters. The third-order valence-corrected chi connectivity index (χ3v) is 6.46. The number of nitrogens with one attached hydrogen (secondary N) is 1. The van der Waals surface area contributed by atoms with E-state index in [1.54, 1.807) is 60.7 Å². The number of alkyl halides is 6. The number of halogens is 6. The van der Waals surface area contributed by atoms with Crippen molar-refractivity contribution < 1.29 is 41.0 Å². The minimum Gasteiger partial charge on any atom is -0.395 e. The molecule has 11 heteroatoms. The van der Waals surface area contributed by atoms with Crippen LogP contribution in [-0.2, 0) is 17.1 Å². The zero-order chi connectivity index (χ0) is 29.5. The lowest BCUT2D eigenvalue weighted by atomic mass is 9.82. The summed E-state index contributed by atoms with van der Waals surface area (Å²) in [4.78, 5) is 27.1. The maximum Gasteiger partial charge on any atom is 0.416 e. The molecule has 40 heavy (non-hydrogen) atoms. The zero-order valence-electron chi connectivity index (χ0n) is 21.5. The smallest absolute Gasteiger partial charge is 0.395 e. The van der Waals surface area contributed by atoms with Gasteiger partial charge in [0.25, 0.3) is 5.91 Å². The monoisotopic (exact) mass is 566 g/mol. The molecule has 0 saturated carbocycles. The van der Waals surface area contributed by atoms with E-state index in [9.17, 15) is 35.9 Å². The number of likely N-dealkylation sites (N-methyl/N-ethyl adjacent to an activating group) is 1. The Morgan fingerprint density at radius 1 is 0.825 bits per heavy atom. The van der Waals surface area contributed by atoms with E-state index >= 15 is 0 Å². The molecule has 2 amide bonds. The first kappa shape index (κ1) is 30.7. The number of hydrogen-bond donors (Lipinski definition) is 2. The van der Waals surface area contributed by atoms with Gasteiger partial charge in [-0.25, -0.2) is 0 Å². The molecule has 5 nitrogen and oxygen atoms in total. The van der Waals surface area contributed by atoms with Gasteiger partial charge in [-0.15, -0.1) is 0 Å². The van der Waals surface area contributed by atoms with Crippen molar-refractivity contribution in [2.75, 3.05) is 20.2 Å². The molecule has 2 N–H and O–H groups in total. The van der Waals surface area contributed by atoms with Crippen LogP contribution < -0.4 is 5.32 Å². The molecule has 0 radical (unpaired) electrons. The number of aliphatic hydroxyl groups excluding tert-OH is 1. The molecule has 0 aromatic heterocycles. The standard InChI is InChI=1S/C29H28F6N2O3/c1-37(27(40)21-16-22(28(30,31)32)18-23(17-21)29(33,34)35)24(12-13-25(39)36-14-15-38)26(19-8-4-2-5-9-19)20-10-6-3-7-11-20/h2-11,16-18,24,26,38H,12-15H2,1H3,(H,36,39). The van der Waals surface area contributed by atoms with Gasteiger partial charge in [0, 0.05) is 37.5 Å². The summed E-state index contributed by atoms with van der Waals surface area (Å²) < 4.78 is 80.9. The summed E-state index contributed by atoms with van der Waals surface area (Å²) >= 11 is 0. The molecule has 0 fully saturated rings. The number of aliphatic hydroxyl groups is 1. The summed E-state index contributed by atoms with van der Waals surface area (Å²) in [6.07, 6.45) is -10.3. The molecule has 0 aliphatic carbocycles. The van der Waals surface area contributed by atoms with Crippen LogP contribution in [-0.4, -0.2) is 48.1 Å². The highest BCUT2D eigenvalue weighted by Gasteiger charge is 2.39. The molecular weight excluding hydrogens is 538 g/mol. The van der Waals surface area contributed by atoms with Crippen molar-refractivity contribution in [2.24, 2.45) is 0 Å². The zero-order valence-corrected chi connectivity index (χ0v) is 21.5. The second-order valence-corrected chi connectivity index (χ2v) is 9.19. The molecule has 0 saturated heterocycles. The van der Waals surface area contributed by atoms with E-state index in [1.165, 1.54) is 7.05 Å². The summed E-state index contributed by atoms with van der Waals surface area (Å²) in [6, 6.07) is 17.7. The second kappa shape index (κ2) is 13.0. The highest BCUT2D eigenvalue weighted by molar-refractivity contribution is 5.95. The molecule has 214 valence electrons. The van der Waals surface area contributed by atoms with E-state index in [0.717, 1.165) is 16.0 Å². The molecule has 0 aliphatic rings. The number of benzene rings is 3. The maximum absolute atomic E-state index is 13.6. The Morgan fingerprint density at radius 2 is 1.30 bits per heavy atom. The Hall–Kier alpha value is -3.86. The van der Waals surface area contributed by atoms with E-state index in [2.05, 4.69) is 5.32 Å². The van der Waals surface area contributed by atoms with Crippen LogP contribution in [0.2, 0.25) is 0 Å². The van der Waals surface area contributed by atoms with Crippen LogP contribution >= 0.6 is 0 Å². The van der Waals surface area contributed by atoms with E-state index in [1.807, 2.05) is 0 Å². The van der Waals surface area contributed by atoms with Gasteiger partial charge in [-0.05, 0) is 35.7 Å². The Morgan fingerprint density at radius 3 is 1.73 bits per heavy atom. The van der Waals surface area contributed by atoms with E-state index in [4.69, 9.17) is 5.11 Å². The van der Waals surface area contributed by atoms with Crippen LogP contribution in [0.25, 0.3) is 0 Å². The molecule has 0 spiro atoms. The minimum atomic E-state index is -5.12. The number of carbonyl (C=O) groups excluding carboxylic acids is 2. The van der Waals surface area contributed by atoms with Crippen molar-refractivity contribution in [3.63, 3.8) is 0 Å². The number of carbonyl (C=O) groups is 2. The highest BCUT2D eigenvalue weighted by atomic mass is 19.4. The SMILES string of the molecule is CN(C(=O)c1cc(C(F)(F)F)cc(C(F)(F)F)c1)C(CCC(=O)NCCO)C(c1ccccc1)c1ccccc1. The van der Waals surface area contributed by atoms with Crippen molar-refractivity contribution >= 4 is 11.8 Å². The number of nitrogens with zero attached hydrogens (tertiary/aromatic N) is 1. The fourth-order valence-corrected chi connectivity index (χ4v) is 4.54. The second-order valence-electron chi connectivity index (χ2n) is 9.19. The summed E-state index contributed by atoms with van der Waals surface area (Å²) in [5.74, 6) is -2.07. The molecule has 1 atom stereocenters. The quantitative estimate of drug-likeness (QED) is 0.301. The molecule has 3 rings (SSSR count). The van der Waals surface area contributed by atoms with Crippen LogP contribution in [0.4, 0.5) is 26.3 Å². The first-order valence-corrected chi connectivity index (χ1v) is 12.4. The highest BCUT2D eigenvalue weighted by Crippen LogP contribution is 2.38. The maximum atomic E-state index is 13.6. The van der Waals surface area contributed by atoms with E-state index in [0.29, 0.717) is 12.1 Å². The van der Waals surface area contributed by atoms with Gasteiger partial charge < -0.3 is 15.3 Å². The predicted octanol–water partition coefficient (Wildman–Crippen LogP) is 5.89. The van der Waals surface area contributed by atoms with E-state index < -0.39 is 52.8 Å². The van der Waals surface area contributed by atoms with Gasteiger partial charge in [0.2, 0.25) is 5.91 Å². The van der Waals surface area contributed by atoms with Crippen LogP contribution in [0.15, 0.2) is 78.9 Å². The number of hydrogen-bond acceptors (Lipinski definition) is 3. The van der Waals surface area contributed by atoms with Crippen molar-refractivity contribution in [2.45, 2.75) is 37.2 Å². The fourth-order valence-electron chi connectivity index (χ4n) is 4.54. The lowest BCUT2D eigenvalue weighted by molar-refractivity contribution is -0.143. The van der Waals surface area contributed by atoms with Crippen LogP contribution in [0.1, 0.15) is 51.4 Å². The van der Waals surface area contributed by atoms with Gasteiger partial charge in [-0.3, -0.25) is 9.59 Å². The van der Waals surface area contributed by atoms with Crippen LogP contribution in [0, 0.1) is 0 Å². The molecule has 3 aromatic rings. The molecule has 3 aromatic carbocycles. The Labute approximate surface area is 227 Å². The number of rotatable bonds is 10. The van der Waals surface area contributed by atoms with E-state index in [-0.39, 0.29) is 32.1 Å². The average Bonchev–Trinajstić information content (AvgIpc) is 2.93. The Kier molecular flexibility index (Phi) is 9.97. The van der Waals surface area contributed by atoms with Crippen molar-refractivity contribution in [3.8, 4) is 0 Å². The first-order valence-electron chi connectivity index (χ1n) is 12.4. The lowest BCUT2D eigenvalue weighted by Crippen LogP contribution is -2.42. The summed E-state index contributed by atoms with van der Waals surface area (Å²) in [5.41, 5.74) is -2.51. The third kappa shape index (κ3) is 7.84. The van der Waals surface area contributed by atoms with Crippen LogP contribution in [0.5, 0.6) is 0 Å². The summed E-state index contributed by atoms with van der Waals surface area (Å²) in [7, 11) is 1.30. The minimum absolute atomic E-state index is 0.00349. The van der Waals surface area contributed by atoms with Gasteiger partial charge in [0.15, 0.2) is 0 Å². The largest absolute Gasteiger partial charge is 0.416 e. The summed E-state index contributed by atoms with van der Waals surface area (Å²) in [6.45, 7) is -0.287. The summed E-state index contributed by atoms with van der Waals surface area (Å²) in [5, 5.41) is 11.5. The van der Waals surface area contributed by atoms with Crippen molar-refractivity contribution in [1.82, 2.24) is 10.2 Å². The molecule has 0 aliphatic heterocycles. The lowest BCUT2D eigenvalue weighted by Gasteiger charge is -2.36. The molecule has 0 heterocycles. The first-order chi connectivity index (χ1) is 18.8. The Bertz CT molecular complexity index is 1210. The molecule has 0 bridgehead atoms. The average molecular weight is 567 g/mol. The normalized spacial score (nSPS) is 12.7. The number of amides is 2. The predicted molar refractivity (Wildman–Crippen MR) is 136 cm³/mol. The van der Waals surface area contributed by atoms with Gasteiger partial charge in [0.05, 0.1) is 17.7 Å². The van der Waals surface area contributed by atoms with Crippen molar-refractivity contribution in [1.29, 1.82) is 0 Å². The van der Waals surface area contributed by atoms with Crippen molar-refractivity contribution in [3.05, 3.63) is 107 Å². The van der Waals surface area contributed by atoms with Crippen LogP contribution in [0.3, 0.4) is 0 Å². The van der Waals surface area contributed by atoms with Gasteiger partial charge >= 0.3 is 12.4 Å². The van der Waals surface area contributed by atoms with Gasteiger partial charge in [-0.2, -0.15) is 26.3 Å². The van der Waals surface area contributed by atoms with Gasteiger partial charge in [0.1, 0.15) is 0 Å². The third-order valence-electron chi connectivity index (χ3n) is 6.46.